The molecule has 24 heavy (non-hydrogen) atoms. The summed E-state index contributed by atoms with van der Waals surface area (Å²) in [5, 5.41) is 14.5. The Morgan fingerprint density at radius 2 is 2.21 bits per heavy atom. The van der Waals surface area contributed by atoms with Crippen LogP contribution in [0.4, 0.5) is 5.69 Å². The van der Waals surface area contributed by atoms with Crippen LogP contribution in [0.2, 0.25) is 0 Å². The molecule has 0 fully saturated rings. The van der Waals surface area contributed by atoms with Crippen LogP contribution >= 0.6 is 23.1 Å². The Balaban J connectivity index is 1.84. The quantitative estimate of drug-likeness (QED) is 0.665. The molecule has 2 rings (SSSR count). The summed E-state index contributed by atoms with van der Waals surface area (Å²) in [5.41, 5.74) is 2.61. The number of thiazole rings is 1. The van der Waals surface area contributed by atoms with E-state index in [4.69, 9.17) is 5.11 Å². The van der Waals surface area contributed by atoms with Crippen LogP contribution in [0.15, 0.2) is 29.6 Å². The van der Waals surface area contributed by atoms with Gasteiger partial charge in [0.1, 0.15) is 0 Å². The van der Waals surface area contributed by atoms with Crippen molar-refractivity contribution in [2.75, 3.05) is 11.1 Å². The van der Waals surface area contributed by atoms with Gasteiger partial charge in [0.15, 0.2) is 0 Å². The van der Waals surface area contributed by atoms with Gasteiger partial charge in [-0.15, -0.1) is 11.3 Å². The van der Waals surface area contributed by atoms with Gasteiger partial charge in [0.25, 0.3) is 0 Å². The highest BCUT2D eigenvalue weighted by Gasteiger charge is 2.08. The maximum Gasteiger partial charge on any atom is 0.304 e. The number of carboxylic acids is 1. The van der Waals surface area contributed by atoms with Gasteiger partial charge in [-0.2, -0.15) is 11.8 Å². The second-order valence-corrected chi connectivity index (χ2v) is 7.26. The number of nitrogens with one attached hydrogen (secondary N) is 1. The van der Waals surface area contributed by atoms with Crippen molar-refractivity contribution in [3.05, 3.63) is 45.9 Å². The minimum Gasteiger partial charge on any atom is -0.481 e. The summed E-state index contributed by atoms with van der Waals surface area (Å²) in [6.45, 7) is 2.04. The number of carboxylic acid groups (broad SMARTS) is 1. The fourth-order valence-corrected chi connectivity index (χ4v) is 3.67. The minimum absolute atomic E-state index is 0.0846. The second kappa shape index (κ2) is 9.44. The van der Waals surface area contributed by atoms with Gasteiger partial charge < -0.3 is 10.4 Å². The molecule has 0 spiro atoms. The van der Waals surface area contributed by atoms with E-state index in [-0.39, 0.29) is 18.7 Å². The smallest absolute Gasteiger partial charge is 0.304 e. The lowest BCUT2D eigenvalue weighted by atomic mass is 10.2. The molecule has 1 aromatic heterocycles. The molecule has 0 saturated heterocycles. The SMILES string of the molecule is CCc1nc(CC(=O)Nc2cccc(CSCCC(=O)O)c2)cs1. The molecular weight excluding hydrogens is 344 g/mol. The molecule has 0 aliphatic rings. The molecule has 1 amide bonds. The molecular formula is C17H20N2O3S2. The summed E-state index contributed by atoms with van der Waals surface area (Å²) < 4.78 is 0. The summed E-state index contributed by atoms with van der Waals surface area (Å²) >= 11 is 3.15. The number of aromatic nitrogens is 1. The number of carbonyl (C=O) groups excluding carboxylic acids is 1. The Kier molecular flexibility index (Phi) is 7.27. The third-order valence-electron chi connectivity index (χ3n) is 3.18. The zero-order valence-corrected chi connectivity index (χ0v) is 15.1. The van der Waals surface area contributed by atoms with Gasteiger partial charge in [-0.25, -0.2) is 4.98 Å². The van der Waals surface area contributed by atoms with Crippen molar-refractivity contribution in [1.29, 1.82) is 0 Å². The van der Waals surface area contributed by atoms with Gasteiger partial charge in [0.2, 0.25) is 5.91 Å². The summed E-state index contributed by atoms with van der Waals surface area (Å²) in [5.74, 6) is 0.439. The van der Waals surface area contributed by atoms with Gasteiger partial charge >= 0.3 is 5.97 Å². The van der Waals surface area contributed by atoms with Crippen LogP contribution in [0.3, 0.4) is 0 Å². The van der Waals surface area contributed by atoms with E-state index in [0.29, 0.717) is 5.75 Å². The van der Waals surface area contributed by atoms with E-state index in [1.54, 1.807) is 23.1 Å². The van der Waals surface area contributed by atoms with E-state index >= 15 is 0 Å². The van der Waals surface area contributed by atoms with Crippen molar-refractivity contribution in [3.63, 3.8) is 0 Å². The van der Waals surface area contributed by atoms with Gasteiger partial charge in [-0.3, -0.25) is 9.59 Å². The first-order valence-corrected chi connectivity index (χ1v) is 9.72. The molecule has 0 saturated carbocycles. The van der Waals surface area contributed by atoms with Crippen LogP contribution in [0.1, 0.15) is 29.6 Å². The lowest BCUT2D eigenvalue weighted by Crippen LogP contribution is -2.14. The first kappa shape index (κ1) is 18.5. The molecule has 0 atom stereocenters. The molecule has 0 unspecified atom stereocenters. The number of hydrogen-bond donors (Lipinski definition) is 2. The van der Waals surface area contributed by atoms with E-state index in [9.17, 15) is 9.59 Å². The van der Waals surface area contributed by atoms with Gasteiger partial charge in [-0.05, 0) is 24.1 Å². The molecule has 0 bridgehead atoms. The van der Waals surface area contributed by atoms with Crippen molar-refractivity contribution in [2.45, 2.75) is 31.9 Å². The summed E-state index contributed by atoms with van der Waals surface area (Å²) in [4.78, 5) is 27.0. The van der Waals surface area contributed by atoms with Gasteiger partial charge in [0.05, 0.1) is 23.5 Å². The number of amides is 1. The van der Waals surface area contributed by atoms with E-state index < -0.39 is 5.97 Å². The maximum atomic E-state index is 12.1. The number of aliphatic carboxylic acids is 1. The summed E-state index contributed by atoms with van der Waals surface area (Å²) in [7, 11) is 0. The average molecular weight is 364 g/mol. The first-order valence-electron chi connectivity index (χ1n) is 7.68. The predicted octanol–water partition coefficient (Wildman–Crippen LogP) is 3.59. The fraction of sp³-hybridized carbons (Fsp3) is 0.353. The molecule has 2 N–H and O–H groups in total. The normalized spacial score (nSPS) is 10.5. The molecule has 7 heteroatoms. The Morgan fingerprint density at radius 1 is 1.38 bits per heavy atom. The third-order valence-corrected chi connectivity index (χ3v) is 5.26. The van der Waals surface area contributed by atoms with Crippen molar-refractivity contribution >= 4 is 40.7 Å². The van der Waals surface area contributed by atoms with E-state index in [2.05, 4.69) is 10.3 Å². The number of anilines is 1. The Hall–Kier alpha value is -1.86. The number of hydrogen-bond acceptors (Lipinski definition) is 5. The van der Waals surface area contributed by atoms with E-state index in [1.165, 1.54) is 0 Å². The van der Waals surface area contributed by atoms with Crippen LogP contribution in [0.5, 0.6) is 0 Å². The standard InChI is InChI=1S/C17H20N2O3S2/c1-2-16-19-14(11-24-16)9-15(20)18-13-5-3-4-12(8-13)10-23-7-6-17(21)22/h3-5,8,11H,2,6-7,9-10H2,1H3,(H,18,20)(H,21,22). The van der Waals surface area contributed by atoms with Crippen molar-refractivity contribution in [2.24, 2.45) is 0 Å². The summed E-state index contributed by atoms with van der Waals surface area (Å²) in [6.07, 6.45) is 1.32. The van der Waals surface area contributed by atoms with Gasteiger partial charge in [0, 0.05) is 22.6 Å². The van der Waals surface area contributed by atoms with Crippen molar-refractivity contribution in [3.8, 4) is 0 Å². The Bertz CT molecular complexity index is 701. The highest BCUT2D eigenvalue weighted by molar-refractivity contribution is 7.98. The number of aryl methyl sites for hydroxylation is 1. The highest BCUT2D eigenvalue weighted by Crippen LogP contribution is 2.18. The molecule has 0 aliphatic heterocycles. The van der Waals surface area contributed by atoms with Crippen LogP contribution in [0.25, 0.3) is 0 Å². The Labute approximate surface area is 149 Å². The molecule has 1 heterocycles. The lowest BCUT2D eigenvalue weighted by molar-refractivity contribution is -0.136. The monoisotopic (exact) mass is 364 g/mol. The van der Waals surface area contributed by atoms with Gasteiger partial charge in [-0.1, -0.05) is 19.1 Å². The van der Waals surface area contributed by atoms with Crippen LogP contribution < -0.4 is 5.32 Å². The van der Waals surface area contributed by atoms with Crippen LogP contribution in [-0.4, -0.2) is 27.7 Å². The molecule has 5 nitrogen and oxygen atoms in total. The van der Waals surface area contributed by atoms with Crippen LogP contribution in [0, 0.1) is 0 Å². The predicted molar refractivity (Wildman–Crippen MR) is 98.7 cm³/mol. The van der Waals surface area contributed by atoms with Crippen LogP contribution in [-0.2, 0) is 28.2 Å². The van der Waals surface area contributed by atoms with E-state index in [0.717, 1.165) is 34.1 Å². The number of thioether (sulfide) groups is 1. The zero-order chi connectivity index (χ0) is 17.4. The maximum absolute atomic E-state index is 12.1. The van der Waals surface area contributed by atoms with Crippen molar-refractivity contribution in [1.82, 2.24) is 4.98 Å². The minimum atomic E-state index is -0.781. The van der Waals surface area contributed by atoms with E-state index in [1.807, 2.05) is 36.6 Å². The number of rotatable bonds is 9. The zero-order valence-electron chi connectivity index (χ0n) is 13.4. The highest BCUT2D eigenvalue weighted by atomic mass is 32.2. The molecule has 0 aliphatic carbocycles. The molecule has 1 aromatic carbocycles. The number of carbonyl (C=O) groups is 2. The number of benzene rings is 1. The summed E-state index contributed by atoms with van der Waals surface area (Å²) in [6, 6.07) is 7.63. The molecule has 128 valence electrons. The first-order chi connectivity index (χ1) is 11.6. The topological polar surface area (TPSA) is 79.3 Å². The van der Waals surface area contributed by atoms with Crippen molar-refractivity contribution < 1.29 is 14.7 Å². The average Bonchev–Trinajstić information content (AvgIpc) is 2.99. The largest absolute Gasteiger partial charge is 0.481 e. The Morgan fingerprint density at radius 3 is 2.92 bits per heavy atom. The number of nitrogens with zero attached hydrogens (tertiary/aromatic N) is 1. The second-order valence-electron chi connectivity index (χ2n) is 5.21. The fourth-order valence-electron chi connectivity index (χ4n) is 2.05. The molecule has 2 aromatic rings. The molecule has 0 radical (unpaired) electrons. The third kappa shape index (κ3) is 6.33. The lowest BCUT2D eigenvalue weighted by Gasteiger charge is -2.07.